The van der Waals surface area contributed by atoms with E-state index >= 15 is 0 Å². The number of rotatable bonds is 27. The molecule has 1 amide bonds. The fraction of sp³-hybridized carbons (Fsp3) is 0.596. The molecule has 766 valence electrons. The van der Waals surface area contributed by atoms with Gasteiger partial charge >= 0.3 is 24.7 Å². The molecular formula is C114H160ClF13N8O2. The van der Waals surface area contributed by atoms with Gasteiger partial charge in [0.05, 0.1) is 35.8 Å². The minimum absolute atomic E-state index is 0.0434. The summed E-state index contributed by atoms with van der Waals surface area (Å²) >= 11 is 6.15. The number of piperidine rings is 4. The standard InChI is InChI=1S/C30H42ClN3.C22H29F6N.C22H31F3N2O.C20H28F3NO.C20H30FN/c1-23(2)20-28(22-30(3,4)26-8-10-27(31)11-9-26)33-18-13-24(14-19-33)25-12-15-32-29(21-25)34-16-6-5-7-17-34;1-15(2)13-19(29-11-9-18(10-12-29)22(26,27)28)14-20(3,4)16-5-7-17(8-6-16)21(23,24)25;1-16(2)14-20(27-12-10-26(11-13-27)17(3)28)15-21(4,5)18-6-8-19(9-7-18)22(23,24)25;1-15(2)13-18(24-9-11-25-12-10-24)14-19(3,4)16-5-7-17(8-6-16)20(21,22)23;1-16(2)14-19(22-12-6-5-7-13-22)15-20(3,4)17-8-10-18(21)11-9-17/h8-12,15,20-21,24,28H,5-7,13-14,16-19,22H2,1-4H3;5-8,13,18-19H,9-12,14H2,1-4H3;6-9,14,20H,10-13,15H2,1-5H3;5-8,13,18H,9-12,14H2,1-4H3;8-11,14,19H,5-7,12-13,15H2,1-4H3. The van der Waals surface area contributed by atoms with E-state index in [2.05, 4.69) is 195 Å². The first-order valence-electron chi connectivity index (χ1n) is 50.0. The van der Waals surface area contributed by atoms with Gasteiger partial charge in [-0.3, -0.25) is 29.3 Å². The lowest BCUT2D eigenvalue weighted by Crippen LogP contribution is -2.52. The number of carbonyl (C=O) groups excluding carboxylic acids is 1. The van der Waals surface area contributed by atoms with Crippen molar-refractivity contribution in [1.29, 1.82) is 0 Å². The van der Waals surface area contributed by atoms with Crippen LogP contribution in [0.5, 0.6) is 0 Å². The van der Waals surface area contributed by atoms with Crippen molar-refractivity contribution < 1.29 is 66.6 Å². The predicted molar refractivity (Wildman–Crippen MR) is 542 cm³/mol. The molecule has 5 atom stereocenters. The fourth-order valence-corrected chi connectivity index (χ4v) is 20.5. The van der Waals surface area contributed by atoms with Gasteiger partial charge in [0.25, 0.3) is 0 Å². The Morgan fingerprint density at radius 3 is 0.935 bits per heavy atom. The number of aromatic nitrogens is 1. The second-order valence-corrected chi connectivity index (χ2v) is 44.1. The zero-order valence-corrected chi connectivity index (χ0v) is 87.1. The van der Waals surface area contributed by atoms with Crippen LogP contribution in [0.1, 0.15) is 298 Å². The highest BCUT2D eigenvalue weighted by atomic mass is 35.5. The molecular weight excluding hydrogens is 1800 g/mol. The first-order valence-corrected chi connectivity index (χ1v) is 50.4. The van der Waals surface area contributed by atoms with E-state index in [-0.39, 0.29) is 64.4 Å². The summed E-state index contributed by atoms with van der Waals surface area (Å²) in [7, 11) is 0. The Kier molecular flexibility index (Phi) is 43.2. The average molecular weight is 1960 g/mol. The quantitative estimate of drug-likeness (QED) is 0.0371. The maximum atomic E-state index is 13.2. The topological polar surface area (TPSA) is 61.9 Å². The Balaban J connectivity index is 0.000000213. The van der Waals surface area contributed by atoms with Crippen LogP contribution in [-0.4, -0.2) is 182 Å². The highest BCUT2D eigenvalue weighted by molar-refractivity contribution is 6.30. The summed E-state index contributed by atoms with van der Waals surface area (Å²) in [5.41, 5.74) is 10.3. The molecule has 6 saturated heterocycles. The summed E-state index contributed by atoms with van der Waals surface area (Å²) in [5, 5.41) is 0.807. The van der Waals surface area contributed by atoms with Crippen LogP contribution >= 0.6 is 11.6 Å². The molecule has 5 aromatic carbocycles. The Morgan fingerprint density at radius 2 is 0.630 bits per heavy atom. The summed E-state index contributed by atoms with van der Waals surface area (Å²) in [6.07, 6.45) is 11.3. The van der Waals surface area contributed by atoms with Gasteiger partial charge in [0.2, 0.25) is 5.91 Å². The third kappa shape index (κ3) is 37.0. The van der Waals surface area contributed by atoms with Crippen molar-refractivity contribution in [1.82, 2.24) is 34.4 Å². The van der Waals surface area contributed by atoms with Crippen molar-refractivity contribution in [3.8, 4) is 0 Å². The van der Waals surface area contributed by atoms with Crippen LogP contribution in [0.25, 0.3) is 0 Å². The van der Waals surface area contributed by atoms with Gasteiger partial charge in [0, 0.05) is 101 Å². The van der Waals surface area contributed by atoms with Crippen LogP contribution in [0.4, 0.5) is 62.9 Å². The van der Waals surface area contributed by atoms with Crippen LogP contribution < -0.4 is 4.90 Å². The predicted octanol–water partition coefficient (Wildman–Crippen LogP) is 29.8. The van der Waals surface area contributed by atoms with E-state index in [9.17, 15) is 61.9 Å². The number of carbonyl (C=O) groups is 1. The number of pyridine rings is 1. The summed E-state index contributed by atoms with van der Waals surface area (Å²) in [5.74, 6) is 0.514. The first kappa shape index (κ1) is 116. The number of morpholine rings is 1. The van der Waals surface area contributed by atoms with Gasteiger partial charge in [-0.1, -0.05) is 206 Å². The van der Waals surface area contributed by atoms with Crippen LogP contribution in [0, 0.1) is 11.7 Å². The van der Waals surface area contributed by atoms with Gasteiger partial charge in [0.15, 0.2) is 0 Å². The van der Waals surface area contributed by atoms with Crippen molar-refractivity contribution in [2.45, 2.75) is 330 Å². The van der Waals surface area contributed by atoms with E-state index in [0.717, 1.165) is 131 Å². The molecule has 7 heterocycles. The molecule has 0 bridgehead atoms. The van der Waals surface area contributed by atoms with E-state index in [4.69, 9.17) is 21.3 Å². The van der Waals surface area contributed by atoms with E-state index in [0.29, 0.717) is 50.6 Å². The van der Waals surface area contributed by atoms with Gasteiger partial charge < -0.3 is 14.5 Å². The molecule has 24 heteroatoms. The molecule has 6 fully saturated rings. The van der Waals surface area contributed by atoms with Crippen LogP contribution in [0.2, 0.25) is 5.02 Å². The number of anilines is 1. The molecule has 0 aliphatic carbocycles. The molecule has 138 heavy (non-hydrogen) atoms. The normalized spacial score (nSPS) is 18.3. The second kappa shape index (κ2) is 51.5. The molecule has 0 spiro atoms. The summed E-state index contributed by atoms with van der Waals surface area (Å²) in [6, 6.07) is 37.7. The van der Waals surface area contributed by atoms with Gasteiger partial charge in [0.1, 0.15) is 11.6 Å². The Morgan fingerprint density at radius 1 is 0.355 bits per heavy atom. The molecule has 0 N–H and O–H groups in total. The third-order valence-electron chi connectivity index (χ3n) is 28.4. The number of piperazine rings is 1. The maximum Gasteiger partial charge on any atom is 0.416 e. The molecule has 5 unspecified atom stereocenters. The van der Waals surface area contributed by atoms with Crippen molar-refractivity contribution in [3.63, 3.8) is 0 Å². The number of hydrogen-bond acceptors (Lipinski definition) is 9. The molecule has 1 aromatic heterocycles. The number of allylic oxidation sites excluding steroid dienone is 5. The zero-order chi connectivity index (χ0) is 102. The lowest BCUT2D eigenvalue weighted by molar-refractivity contribution is -0.185. The van der Waals surface area contributed by atoms with E-state index in [1.165, 1.54) is 146 Å². The van der Waals surface area contributed by atoms with Crippen LogP contribution in [-0.2, 0) is 55.1 Å². The van der Waals surface area contributed by atoms with E-state index in [1.807, 2.05) is 63.1 Å². The number of alkyl halides is 12. The van der Waals surface area contributed by atoms with Crippen LogP contribution in [0.3, 0.4) is 0 Å². The van der Waals surface area contributed by atoms with Crippen LogP contribution in [0.15, 0.2) is 198 Å². The fourth-order valence-electron chi connectivity index (χ4n) is 20.4. The molecule has 12 rings (SSSR count). The smallest absolute Gasteiger partial charge is 0.379 e. The van der Waals surface area contributed by atoms with E-state index < -0.39 is 52.7 Å². The molecule has 0 saturated carbocycles. The molecule has 6 aliphatic heterocycles. The number of halogens is 14. The molecule has 10 nitrogen and oxygen atoms in total. The Labute approximate surface area is 823 Å². The Hall–Kier alpha value is -7.64. The summed E-state index contributed by atoms with van der Waals surface area (Å²) in [6.45, 7) is 58.2. The van der Waals surface area contributed by atoms with Crippen molar-refractivity contribution in [3.05, 3.63) is 259 Å². The molecule has 6 aromatic rings. The van der Waals surface area contributed by atoms with Crippen molar-refractivity contribution >= 4 is 23.3 Å². The van der Waals surface area contributed by atoms with Gasteiger partial charge in [-0.15, -0.1) is 0 Å². The zero-order valence-electron chi connectivity index (χ0n) is 86.3. The average Bonchev–Trinajstić information content (AvgIpc) is 0.774. The first-order chi connectivity index (χ1) is 64.4. The number of likely N-dealkylation sites (tertiary alicyclic amines) is 3. The number of hydrogen-bond donors (Lipinski definition) is 0. The van der Waals surface area contributed by atoms with Gasteiger partial charge in [-0.05, 0) is 338 Å². The number of benzene rings is 5. The maximum absolute atomic E-state index is 13.2. The monoisotopic (exact) mass is 1960 g/mol. The minimum Gasteiger partial charge on any atom is -0.379 e. The van der Waals surface area contributed by atoms with Crippen molar-refractivity contribution in [2.75, 3.05) is 110 Å². The SMILES string of the molecule is CC(=O)N1CCN(C(C=C(C)C)CC(C)(C)c2ccc(C(F)(F)F)cc2)CC1.CC(C)=CC(CC(C)(C)c1ccc(C(F)(F)F)cc1)N1CCC(C(F)(F)F)CC1.CC(C)=CC(CC(C)(C)c1ccc(C(F)(F)F)cc1)N1CCOCC1.CC(C)=CC(CC(C)(C)c1ccc(Cl)cc1)N1CCC(c2ccnc(N3CCCCC3)c2)CC1.CC(C)=CC(CC(C)(C)c1ccc(F)cc1)N1CCCCC1. The number of ether oxygens (including phenoxy) is 1. The highest BCUT2D eigenvalue weighted by Crippen LogP contribution is 2.44. The Bertz CT molecular complexity index is 4820. The molecule has 0 radical (unpaired) electrons. The largest absolute Gasteiger partial charge is 0.416 e. The second-order valence-electron chi connectivity index (χ2n) is 43.7. The summed E-state index contributed by atoms with van der Waals surface area (Å²) < 4.78 is 173. The molecule has 6 aliphatic rings. The van der Waals surface area contributed by atoms with Gasteiger partial charge in [-0.2, -0.15) is 52.7 Å². The van der Waals surface area contributed by atoms with E-state index in [1.54, 1.807) is 43.3 Å². The number of nitrogens with zero attached hydrogens (tertiary/aromatic N) is 8. The lowest BCUT2D eigenvalue weighted by atomic mass is 9.77. The van der Waals surface area contributed by atoms with Gasteiger partial charge in [-0.25, -0.2) is 9.37 Å². The summed E-state index contributed by atoms with van der Waals surface area (Å²) in [4.78, 5) is 32.8. The third-order valence-corrected chi connectivity index (χ3v) is 28.7. The number of amides is 1. The minimum atomic E-state index is -4.38. The lowest BCUT2D eigenvalue weighted by Gasteiger charge is -2.41. The van der Waals surface area contributed by atoms with Crippen molar-refractivity contribution in [2.24, 2.45) is 5.92 Å². The highest BCUT2D eigenvalue weighted by Gasteiger charge is 2.44.